The van der Waals surface area contributed by atoms with Crippen LogP contribution < -0.4 is 10.6 Å². The molecule has 1 aliphatic rings. The van der Waals surface area contributed by atoms with Gasteiger partial charge in [-0.25, -0.2) is 8.42 Å². The van der Waals surface area contributed by atoms with Crippen molar-refractivity contribution < 1.29 is 18.0 Å². The Morgan fingerprint density at radius 3 is 2.48 bits per heavy atom. The van der Waals surface area contributed by atoms with Crippen molar-refractivity contribution in [3.05, 3.63) is 59.1 Å². The fourth-order valence-electron chi connectivity index (χ4n) is 3.60. The Hall–Kier alpha value is -2.42. The summed E-state index contributed by atoms with van der Waals surface area (Å²) >= 11 is 5.99. The van der Waals surface area contributed by atoms with Crippen LogP contribution >= 0.6 is 11.6 Å². The molecule has 1 fully saturated rings. The highest BCUT2D eigenvalue weighted by Gasteiger charge is 2.33. The zero-order chi connectivity index (χ0) is 22.4. The summed E-state index contributed by atoms with van der Waals surface area (Å²) in [5, 5.41) is 5.38. The zero-order valence-corrected chi connectivity index (χ0v) is 18.9. The van der Waals surface area contributed by atoms with Gasteiger partial charge in [0.25, 0.3) is 0 Å². The molecular weight excluding hydrogens is 438 g/mol. The first-order valence-electron chi connectivity index (χ1n) is 10.2. The molecule has 0 spiro atoms. The SMILES string of the molecule is Cc1ccc(S(=O)(=O)N2CCCCC2CCNC(=O)C(=O)Nc2ccccc2Cl)cc1. The zero-order valence-electron chi connectivity index (χ0n) is 17.3. The number of piperidine rings is 1. The van der Waals surface area contributed by atoms with Crippen molar-refractivity contribution in [2.24, 2.45) is 0 Å². The minimum absolute atomic E-state index is 0.194. The largest absolute Gasteiger partial charge is 0.348 e. The molecule has 0 bridgehead atoms. The van der Waals surface area contributed by atoms with E-state index in [1.54, 1.807) is 48.5 Å². The Morgan fingerprint density at radius 2 is 1.77 bits per heavy atom. The summed E-state index contributed by atoms with van der Waals surface area (Å²) in [6, 6.07) is 13.2. The van der Waals surface area contributed by atoms with Crippen molar-refractivity contribution in [2.75, 3.05) is 18.4 Å². The molecule has 0 aliphatic carbocycles. The number of para-hydroxylation sites is 1. The van der Waals surface area contributed by atoms with Crippen molar-refractivity contribution in [1.29, 1.82) is 0 Å². The van der Waals surface area contributed by atoms with Crippen LogP contribution in [0.5, 0.6) is 0 Å². The van der Waals surface area contributed by atoms with Crippen LogP contribution in [0.4, 0.5) is 5.69 Å². The number of nitrogens with zero attached hydrogens (tertiary/aromatic N) is 1. The fourth-order valence-corrected chi connectivity index (χ4v) is 5.51. The number of nitrogens with one attached hydrogen (secondary N) is 2. The summed E-state index contributed by atoms with van der Waals surface area (Å²) in [7, 11) is -3.61. The highest BCUT2D eigenvalue weighted by molar-refractivity contribution is 7.89. The van der Waals surface area contributed by atoms with Crippen LogP contribution in [-0.2, 0) is 19.6 Å². The summed E-state index contributed by atoms with van der Waals surface area (Å²) < 4.78 is 27.7. The molecule has 0 radical (unpaired) electrons. The van der Waals surface area contributed by atoms with Crippen molar-refractivity contribution in [3.8, 4) is 0 Å². The summed E-state index contributed by atoms with van der Waals surface area (Å²) in [6.45, 7) is 2.55. The quantitative estimate of drug-likeness (QED) is 0.642. The van der Waals surface area contributed by atoms with E-state index in [2.05, 4.69) is 10.6 Å². The van der Waals surface area contributed by atoms with E-state index in [0.717, 1.165) is 18.4 Å². The topological polar surface area (TPSA) is 95.6 Å². The molecule has 0 saturated carbocycles. The van der Waals surface area contributed by atoms with E-state index in [1.807, 2.05) is 6.92 Å². The van der Waals surface area contributed by atoms with Gasteiger partial charge in [-0.2, -0.15) is 4.31 Å². The predicted octanol–water partition coefficient (Wildman–Crippen LogP) is 3.34. The molecular formula is C22H26ClN3O4S. The molecule has 2 aromatic rings. The van der Waals surface area contributed by atoms with E-state index in [0.29, 0.717) is 30.1 Å². The standard InChI is InChI=1S/C22H26ClN3O4S/c1-16-9-11-18(12-10-16)31(29,30)26-15-5-4-6-17(26)13-14-24-21(27)22(28)25-20-8-3-2-7-19(20)23/h2-3,7-12,17H,4-6,13-15H2,1H3,(H,24,27)(H,25,28). The lowest BCUT2D eigenvalue weighted by atomic mass is 10.0. The summed E-state index contributed by atoms with van der Waals surface area (Å²) in [5.41, 5.74) is 1.35. The van der Waals surface area contributed by atoms with Gasteiger partial charge in [0, 0.05) is 19.1 Å². The van der Waals surface area contributed by atoms with Crippen molar-refractivity contribution in [2.45, 2.75) is 43.5 Å². The first-order valence-corrected chi connectivity index (χ1v) is 12.0. The number of sulfonamides is 1. The average Bonchev–Trinajstić information content (AvgIpc) is 2.76. The highest BCUT2D eigenvalue weighted by atomic mass is 35.5. The monoisotopic (exact) mass is 463 g/mol. The number of rotatable bonds is 6. The fraction of sp³-hybridized carbons (Fsp3) is 0.364. The lowest BCUT2D eigenvalue weighted by Crippen LogP contribution is -2.45. The van der Waals surface area contributed by atoms with E-state index in [1.165, 1.54) is 4.31 Å². The number of aryl methyl sites for hydroxylation is 1. The Labute approximate surface area is 187 Å². The maximum absolute atomic E-state index is 13.1. The summed E-state index contributed by atoms with van der Waals surface area (Å²) in [6.07, 6.45) is 2.86. The predicted molar refractivity (Wildman–Crippen MR) is 120 cm³/mol. The Bertz CT molecular complexity index is 1040. The molecule has 2 N–H and O–H groups in total. The summed E-state index contributed by atoms with van der Waals surface area (Å²) in [4.78, 5) is 24.5. The molecule has 2 aromatic carbocycles. The number of hydrogen-bond donors (Lipinski definition) is 2. The van der Waals surface area contributed by atoms with Crippen molar-refractivity contribution in [3.63, 3.8) is 0 Å². The smallest absolute Gasteiger partial charge is 0.313 e. The van der Waals surface area contributed by atoms with Crippen molar-refractivity contribution >= 4 is 39.1 Å². The molecule has 7 nitrogen and oxygen atoms in total. The number of halogens is 1. The normalized spacial score (nSPS) is 17.2. The van der Waals surface area contributed by atoms with Gasteiger partial charge < -0.3 is 10.6 Å². The first-order chi connectivity index (χ1) is 14.8. The van der Waals surface area contributed by atoms with Crippen LogP contribution in [0, 0.1) is 6.92 Å². The van der Waals surface area contributed by atoms with E-state index in [-0.39, 0.29) is 17.5 Å². The second kappa shape index (κ2) is 10.3. The van der Waals surface area contributed by atoms with Crippen LogP contribution in [0.2, 0.25) is 5.02 Å². The number of anilines is 1. The lowest BCUT2D eigenvalue weighted by molar-refractivity contribution is -0.136. The Kier molecular flexibility index (Phi) is 7.69. The van der Waals surface area contributed by atoms with Gasteiger partial charge in [-0.3, -0.25) is 9.59 Å². The second-order valence-corrected chi connectivity index (χ2v) is 9.85. The van der Waals surface area contributed by atoms with E-state index in [9.17, 15) is 18.0 Å². The summed E-state index contributed by atoms with van der Waals surface area (Å²) in [5.74, 6) is -1.61. The number of amides is 2. The van der Waals surface area contributed by atoms with Crippen LogP contribution in [0.15, 0.2) is 53.4 Å². The van der Waals surface area contributed by atoms with E-state index >= 15 is 0 Å². The molecule has 166 valence electrons. The highest BCUT2D eigenvalue weighted by Crippen LogP contribution is 2.27. The van der Waals surface area contributed by atoms with Gasteiger partial charge in [-0.15, -0.1) is 0 Å². The van der Waals surface area contributed by atoms with Gasteiger partial charge in [-0.1, -0.05) is 47.9 Å². The minimum Gasteiger partial charge on any atom is -0.348 e. The third-order valence-electron chi connectivity index (χ3n) is 5.29. The molecule has 3 rings (SSSR count). The van der Waals surface area contributed by atoms with Gasteiger partial charge in [0.1, 0.15) is 0 Å². The lowest BCUT2D eigenvalue weighted by Gasteiger charge is -2.34. The molecule has 1 saturated heterocycles. The molecule has 1 heterocycles. The van der Waals surface area contributed by atoms with Gasteiger partial charge >= 0.3 is 11.8 Å². The number of benzene rings is 2. The maximum atomic E-state index is 13.1. The van der Waals surface area contributed by atoms with Crippen LogP contribution in [0.25, 0.3) is 0 Å². The molecule has 0 aromatic heterocycles. The third kappa shape index (κ3) is 5.84. The average molecular weight is 464 g/mol. The molecule has 31 heavy (non-hydrogen) atoms. The Balaban J connectivity index is 1.58. The number of carbonyl (C=O) groups excluding carboxylic acids is 2. The van der Waals surface area contributed by atoms with Gasteiger partial charge in [-0.05, 0) is 50.5 Å². The number of hydrogen-bond acceptors (Lipinski definition) is 4. The molecule has 1 atom stereocenters. The van der Waals surface area contributed by atoms with E-state index < -0.39 is 21.8 Å². The van der Waals surface area contributed by atoms with Crippen LogP contribution in [-0.4, -0.2) is 43.7 Å². The first kappa shape index (κ1) is 23.2. The maximum Gasteiger partial charge on any atom is 0.313 e. The molecule has 9 heteroatoms. The molecule has 1 aliphatic heterocycles. The van der Waals surface area contributed by atoms with Crippen LogP contribution in [0.3, 0.4) is 0 Å². The van der Waals surface area contributed by atoms with Gasteiger partial charge in [0.15, 0.2) is 0 Å². The van der Waals surface area contributed by atoms with Crippen LogP contribution in [0.1, 0.15) is 31.2 Å². The van der Waals surface area contributed by atoms with Gasteiger partial charge in [0.2, 0.25) is 10.0 Å². The second-order valence-electron chi connectivity index (χ2n) is 7.56. The third-order valence-corrected chi connectivity index (χ3v) is 7.59. The Morgan fingerprint density at radius 1 is 1.06 bits per heavy atom. The van der Waals surface area contributed by atoms with Crippen molar-refractivity contribution in [1.82, 2.24) is 9.62 Å². The molecule has 1 unspecified atom stereocenters. The van der Waals surface area contributed by atoms with E-state index in [4.69, 9.17) is 11.6 Å². The van der Waals surface area contributed by atoms with Gasteiger partial charge in [0.05, 0.1) is 15.6 Å². The number of carbonyl (C=O) groups is 2. The molecule has 2 amide bonds. The minimum atomic E-state index is -3.61.